The van der Waals surface area contributed by atoms with E-state index < -0.39 is 30.6 Å². The van der Waals surface area contributed by atoms with Gasteiger partial charge in [0.25, 0.3) is 0 Å². The van der Waals surface area contributed by atoms with Crippen LogP contribution >= 0.6 is 12.2 Å². The van der Waals surface area contributed by atoms with Crippen LogP contribution in [0.2, 0.25) is 0 Å². The highest BCUT2D eigenvalue weighted by atomic mass is 32.1. The fourth-order valence-corrected chi connectivity index (χ4v) is 0.568. The zero-order valence-electron chi connectivity index (χ0n) is 6.59. The summed E-state index contributed by atoms with van der Waals surface area (Å²) < 4.78 is 69.1. The van der Waals surface area contributed by atoms with Gasteiger partial charge in [-0.25, -0.2) is 0 Å². The van der Waals surface area contributed by atoms with Crippen molar-refractivity contribution in [2.75, 3.05) is 13.1 Å². The Hall–Kier alpha value is -0.730. The Labute approximate surface area is 80.7 Å². The van der Waals surface area contributed by atoms with Crippen molar-refractivity contribution >= 4 is 17.3 Å². The quantitative estimate of drug-likeness (QED) is 0.566. The van der Waals surface area contributed by atoms with E-state index in [0.29, 0.717) is 0 Å². The first kappa shape index (κ1) is 13.3. The highest BCUT2D eigenvalue weighted by molar-refractivity contribution is 7.80. The van der Waals surface area contributed by atoms with Gasteiger partial charge in [-0.2, -0.15) is 26.3 Å². The third kappa shape index (κ3) is 9.36. The van der Waals surface area contributed by atoms with Gasteiger partial charge in [0, 0.05) is 0 Å². The molecular weight excluding hydrogens is 234 g/mol. The smallest absolute Gasteiger partial charge is 0.354 e. The van der Waals surface area contributed by atoms with Crippen molar-refractivity contribution in [2.24, 2.45) is 0 Å². The number of hydrogen-bond acceptors (Lipinski definition) is 1. The Morgan fingerprint density at radius 2 is 1.14 bits per heavy atom. The minimum atomic E-state index is -4.51. The van der Waals surface area contributed by atoms with Gasteiger partial charge in [0.1, 0.15) is 13.1 Å². The summed E-state index contributed by atoms with van der Waals surface area (Å²) in [6, 6.07) is 0. The Morgan fingerprint density at radius 1 is 0.857 bits per heavy atom. The van der Waals surface area contributed by atoms with E-state index in [1.54, 1.807) is 10.6 Å². The van der Waals surface area contributed by atoms with Gasteiger partial charge in [-0.05, 0) is 12.2 Å². The maximum absolute atomic E-state index is 11.5. The highest BCUT2D eigenvalue weighted by Crippen LogP contribution is 2.13. The van der Waals surface area contributed by atoms with Gasteiger partial charge in [0.05, 0.1) is 0 Å². The number of nitrogens with one attached hydrogen (secondary N) is 2. The summed E-state index contributed by atoms with van der Waals surface area (Å²) >= 11 is 4.17. The normalized spacial score (nSPS) is 12.4. The molecule has 0 saturated heterocycles. The van der Waals surface area contributed by atoms with Crippen LogP contribution in [-0.2, 0) is 0 Å². The molecule has 0 atom stereocenters. The largest absolute Gasteiger partial charge is 0.405 e. The molecule has 0 amide bonds. The lowest BCUT2D eigenvalue weighted by molar-refractivity contribution is -0.123. The molecule has 0 aromatic carbocycles. The van der Waals surface area contributed by atoms with Crippen molar-refractivity contribution in [2.45, 2.75) is 12.4 Å². The molecule has 0 aliphatic carbocycles. The van der Waals surface area contributed by atoms with Gasteiger partial charge in [-0.1, -0.05) is 0 Å². The van der Waals surface area contributed by atoms with Crippen LogP contribution in [0.15, 0.2) is 0 Å². The van der Waals surface area contributed by atoms with Crippen molar-refractivity contribution in [1.82, 2.24) is 10.6 Å². The maximum Gasteiger partial charge on any atom is 0.405 e. The molecule has 84 valence electrons. The summed E-state index contributed by atoms with van der Waals surface area (Å²) in [4.78, 5) is 0. The Bertz CT molecular complexity index is 177. The van der Waals surface area contributed by atoms with Crippen molar-refractivity contribution in [3.05, 3.63) is 0 Å². The second kappa shape index (κ2) is 4.67. The number of hydrogen-bond donors (Lipinski definition) is 2. The van der Waals surface area contributed by atoms with Crippen molar-refractivity contribution in [3.63, 3.8) is 0 Å². The molecule has 0 radical (unpaired) electrons. The zero-order valence-corrected chi connectivity index (χ0v) is 7.41. The van der Waals surface area contributed by atoms with Gasteiger partial charge in [-0.3, -0.25) is 0 Å². The van der Waals surface area contributed by atoms with Gasteiger partial charge in [0.15, 0.2) is 5.11 Å². The van der Waals surface area contributed by atoms with Crippen LogP contribution in [0.5, 0.6) is 0 Å². The van der Waals surface area contributed by atoms with Crippen molar-refractivity contribution in [3.8, 4) is 0 Å². The third-order valence-electron chi connectivity index (χ3n) is 0.899. The molecule has 0 aromatic rings. The van der Waals surface area contributed by atoms with E-state index in [0.717, 1.165) is 0 Å². The number of rotatable bonds is 2. The summed E-state index contributed by atoms with van der Waals surface area (Å²) in [6.45, 7) is -2.92. The molecule has 0 spiro atoms. The molecule has 0 fully saturated rings. The molecule has 9 heteroatoms. The lowest BCUT2D eigenvalue weighted by Crippen LogP contribution is -2.43. The van der Waals surface area contributed by atoms with E-state index in [9.17, 15) is 26.3 Å². The lowest BCUT2D eigenvalue weighted by atomic mass is 10.6. The van der Waals surface area contributed by atoms with Crippen LogP contribution in [0, 0.1) is 0 Å². The topological polar surface area (TPSA) is 24.1 Å². The second-order valence-corrected chi connectivity index (χ2v) is 2.67. The molecule has 2 nitrogen and oxygen atoms in total. The average molecular weight is 240 g/mol. The molecule has 0 aromatic heterocycles. The van der Waals surface area contributed by atoms with Gasteiger partial charge >= 0.3 is 12.4 Å². The molecular formula is C5H6F6N2S. The molecule has 0 unspecified atom stereocenters. The predicted octanol–water partition coefficient (Wildman–Crippen LogP) is 1.58. The Kier molecular flexibility index (Phi) is 4.43. The third-order valence-corrected chi connectivity index (χ3v) is 1.19. The summed E-state index contributed by atoms with van der Waals surface area (Å²) in [5.74, 6) is 0. The van der Waals surface area contributed by atoms with Crippen LogP contribution in [0.3, 0.4) is 0 Å². The van der Waals surface area contributed by atoms with Gasteiger partial charge in [0.2, 0.25) is 0 Å². The zero-order chi connectivity index (χ0) is 11.4. The molecule has 0 saturated carbocycles. The van der Waals surface area contributed by atoms with E-state index in [-0.39, 0.29) is 0 Å². The Morgan fingerprint density at radius 3 is 1.36 bits per heavy atom. The molecule has 14 heavy (non-hydrogen) atoms. The van der Waals surface area contributed by atoms with Crippen LogP contribution in [0.25, 0.3) is 0 Å². The first-order chi connectivity index (χ1) is 6.10. The predicted molar refractivity (Wildman–Crippen MR) is 40.7 cm³/mol. The molecule has 0 aliphatic rings. The lowest BCUT2D eigenvalue weighted by Gasteiger charge is -2.13. The molecule has 0 heterocycles. The van der Waals surface area contributed by atoms with E-state index in [1.165, 1.54) is 0 Å². The van der Waals surface area contributed by atoms with Crippen molar-refractivity contribution < 1.29 is 26.3 Å². The maximum atomic E-state index is 11.5. The monoisotopic (exact) mass is 240 g/mol. The number of alkyl halides is 6. The minimum absolute atomic E-state index is 0.681. The fourth-order valence-electron chi connectivity index (χ4n) is 0.424. The van der Waals surface area contributed by atoms with Gasteiger partial charge in [-0.15, -0.1) is 0 Å². The fraction of sp³-hybridized carbons (Fsp3) is 0.800. The van der Waals surface area contributed by atoms with E-state index in [1.807, 2.05) is 0 Å². The summed E-state index contributed by atoms with van der Waals surface area (Å²) in [7, 11) is 0. The van der Waals surface area contributed by atoms with Crippen molar-refractivity contribution in [1.29, 1.82) is 0 Å². The van der Waals surface area contributed by atoms with Gasteiger partial charge < -0.3 is 10.6 Å². The summed E-state index contributed by atoms with van der Waals surface area (Å²) in [5, 5.41) is 2.50. The second-order valence-electron chi connectivity index (χ2n) is 2.27. The van der Waals surface area contributed by atoms with E-state index >= 15 is 0 Å². The summed E-state index contributed by atoms with van der Waals surface area (Å²) in [6.07, 6.45) is -9.02. The molecule has 2 N–H and O–H groups in total. The highest BCUT2D eigenvalue weighted by Gasteiger charge is 2.29. The molecule has 0 aliphatic heterocycles. The minimum Gasteiger partial charge on any atom is -0.354 e. The molecule has 0 bridgehead atoms. The summed E-state index contributed by atoms with van der Waals surface area (Å²) in [5.41, 5.74) is 0. The standard InChI is InChI=1S/C5H6F6N2S/c6-4(7,8)1-12-3(14)13-2-5(9,10)11/h1-2H2,(H2,12,13,14). The van der Waals surface area contributed by atoms with E-state index in [4.69, 9.17) is 0 Å². The molecule has 0 rings (SSSR count). The average Bonchev–Trinajstić information content (AvgIpc) is 1.94. The number of halogens is 6. The first-order valence-electron chi connectivity index (χ1n) is 3.25. The number of thiocarbonyl (C=S) groups is 1. The van der Waals surface area contributed by atoms with E-state index in [2.05, 4.69) is 12.2 Å². The SMILES string of the molecule is FC(F)(F)CNC(=S)NCC(F)(F)F. The van der Waals surface area contributed by atoms with Crippen LogP contribution < -0.4 is 10.6 Å². The van der Waals surface area contributed by atoms with Crippen LogP contribution in [0.1, 0.15) is 0 Å². The van der Waals surface area contributed by atoms with Crippen LogP contribution in [0.4, 0.5) is 26.3 Å². The Balaban J connectivity index is 3.68. The first-order valence-corrected chi connectivity index (χ1v) is 3.66. The van der Waals surface area contributed by atoms with Crippen LogP contribution in [-0.4, -0.2) is 30.6 Å².